The van der Waals surface area contributed by atoms with Gasteiger partial charge >= 0.3 is 6.18 Å². The summed E-state index contributed by atoms with van der Waals surface area (Å²) in [5, 5.41) is 2.19. The first-order valence-electron chi connectivity index (χ1n) is 9.17. The summed E-state index contributed by atoms with van der Waals surface area (Å²) in [6.07, 6.45) is -4.78. The van der Waals surface area contributed by atoms with Crippen LogP contribution in [0.25, 0.3) is 0 Å². The second-order valence-electron chi connectivity index (χ2n) is 7.02. The molecule has 2 aromatic carbocycles. The number of ether oxygens (including phenoxy) is 1. The molecular formula is C20H22ClF3N2O4S. The van der Waals surface area contributed by atoms with Gasteiger partial charge in [-0.2, -0.15) is 13.2 Å². The van der Waals surface area contributed by atoms with Crippen LogP contribution in [0.3, 0.4) is 0 Å². The van der Waals surface area contributed by atoms with Gasteiger partial charge in [0.25, 0.3) is 10.0 Å². The summed E-state index contributed by atoms with van der Waals surface area (Å²) < 4.78 is 72.2. The van der Waals surface area contributed by atoms with E-state index in [0.29, 0.717) is 23.0 Å². The number of rotatable bonds is 8. The lowest BCUT2D eigenvalue weighted by molar-refractivity contribution is -0.137. The quantitative estimate of drug-likeness (QED) is 0.612. The molecule has 2 rings (SSSR count). The van der Waals surface area contributed by atoms with Crippen molar-refractivity contribution in [2.45, 2.75) is 24.9 Å². The van der Waals surface area contributed by atoms with Gasteiger partial charge < -0.3 is 10.1 Å². The van der Waals surface area contributed by atoms with Gasteiger partial charge in [-0.15, -0.1) is 0 Å². The molecule has 1 amide bonds. The maximum absolute atomic E-state index is 13.4. The first-order chi connectivity index (χ1) is 14.4. The molecule has 0 atom stereocenters. The molecule has 170 valence electrons. The smallest absolute Gasteiger partial charge is 0.416 e. The number of carbonyl (C=O) groups is 1. The highest BCUT2D eigenvalue weighted by atomic mass is 35.5. The maximum atomic E-state index is 13.4. The fourth-order valence-electron chi connectivity index (χ4n) is 2.64. The first kappa shape index (κ1) is 24.8. The molecule has 0 fully saturated rings. The fourth-order valence-corrected chi connectivity index (χ4v) is 4.57. The average Bonchev–Trinajstić information content (AvgIpc) is 2.69. The molecule has 0 heterocycles. The van der Waals surface area contributed by atoms with Crippen LogP contribution in [-0.2, 0) is 21.0 Å². The van der Waals surface area contributed by atoms with Gasteiger partial charge in [0, 0.05) is 6.54 Å². The third kappa shape index (κ3) is 6.04. The largest absolute Gasteiger partial charge is 0.495 e. The Labute approximate surface area is 184 Å². The minimum Gasteiger partial charge on any atom is -0.495 e. The van der Waals surface area contributed by atoms with Crippen LogP contribution in [-0.4, -0.2) is 34.5 Å². The Morgan fingerprint density at radius 2 is 1.84 bits per heavy atom. The van der Waals surface area contributed by atoms with Gasteiger partial charge in [-0.25, -0.2) is 8.42 Å². The van der Waals surface area contributed by atoms with Crippen molar-refractivity contribution in [1.82, 2.24) is 5.32 Å². The molecule has 0 aromatic heterocycles. The number of carbonyl (C=O) groups excluding carboxylic acids is 1. The number of sulfonamides is 1. The first-order valence-corrected chi connectivity index (χ1v) is 11.0. The minimum absolute atomic E-state index is 0.0156. The minimum atomic E-state index is -4.78. The third-order valence-corrected chi connectivity index (χ3v) is 6.42. The van der Waals surface area contributed by atoms with Crippen molar-refractivity contribution < 1.29 is 31.1 Å². The molecular weight excluding hydrogens is 457 g/mol. The summed E-state index contributed by atoms with van der Waals surface area (Å²) in [6.45, 7) is 3.33. The number of methoxy groups -OCH3 is 1. The van der Waals surface area contributed by atoms with Gasteiger partial charge in [-0.1, -0.05) is 37.6 Å². The van der Waals surface area contributed by atoms with Crippen LogP contribution in [0.15, 0.2) is 47.4 Å². The molecule has 2 aromatic rings. The monoisotopic (exact) mass is 478 g/mol. The van der Waals surface area contributed by atoms with E-state index >= 15 is 0 Å². The molecule has 0 unspecified atom stereocenters. The third-order valence-electron chi connectivity index (χ3n) is 4.18. The molecule has 0 radical (unpaired) electrons. The normalized spacial score (nSPS) is 12.0. The van der Waals surface area contributed by atoms with E-state index in [-0.39, 0.29) is 17.4 Å². The molecule has 0 aliphatic heterocycles. The lowest BCUT2D eigenvalue weighted by Crippen LogP contribution is -2.42. The van der Waals surface area contributed by atoms with Crippen molar-refractivity contribution in [1.29, 1.82) is 0 Å². The van der Waals surface area contributed by atoms with Crippen molar-refractivity contribution in [3.8, 4) is 5.75 Å². The molecule has 0 aliphatic rings. The zero-order valence-electron chi connectivity index (χ0n) is 17.0. The van der Waals surface area contributed by atoms with Gasteiger partial charge in [0.15, 0.2) is 0 Å². The van der Waals surface area contributed by atoms with Crippen LogP contribution >= 0.6 is 11.6 Å². The predicted molar refractivity (Wildman–Crippen MR) is 112 cm³/mol. The summed E-state index contributed by atoms with van der Waals surface area (Å²) >= 11 is 5.97. The number of para-hydroxylation sites is 2. The van der Waals surface area contributed by atoms with E-state index in [0.717, 1.165) is 6.07 Å². The summed E-state index contributed by atoms with van der Waals surface area (Å²) in [5.41, 5.74) is -1.20. The van der Waals surface area contributed by atoms with Crippen LogP contribution in [0.4, 0.5) is 18.9 Å². The SMILES string of the molecule is COc1ccccc1N(CC(=O)NCC(C)C)S(=O)(=O)c1cc(C(F)(F)F)ccc1Cl. The molecule has 6 nitrogen and oxygen atoms in total. The van der Waals surface area contributed by atoms with Crippen molar-refractivity contribution in [3.05, 3.63) is 53.1 Å². The number of nitrogens with zero attached hydrogens (tertiary/aromatic N) is 1. The summed E-state index contributed by atoms with van der Waals surface area (Å²) in [7, 11) is -3.37. The van der Waals surface area contributed by atoms with Gasteiger partial charge in [0.1, 0.15) is 17.2 Å². The standard InChI is InChI=1S/C20H22ClF3N2O4S/c1-13(2)11-25-19(27)12-26(16-6-4-5-7-17(16)30-3)31(28,29)18-10-14(20(22,23)24)8-9-15(18)21/h4-10,13H,11-12H2,1-3H3,(H,25,27). The molecule has 0 spiro atoms. The summed E-state index contributed by atoms with van der Waals surface area (Å²) in [4.78, 5) is 11.7. The molecule has 0 aliphatic carbocycles. The Bertz CT molecular complexity index is 1040. The zero-order chi connectivity index (χ0) is 23.4. The number of halogens is 4. The van der Waals surface area contributed by atoms with Crippen LogP contribution in [0.1, 0.15) is 19.4 Å². The highest BCUT2D eigenvalue weighted by molar-refractivity contribution is 7.93. The van der Waals surface area contributed by atoms with Crippen LogP contribution in [0, 0.1) is 5.92 Å². The Kier molecular flexibility index (Phi) is 7.82. The Hall–Kier alpha value is -2.46. The highest BCUT2D eigenvalue weighted by Gasteiger charge is 2.36. The van der Waals surface area contributed by atoms with Crippen LogP contribution in [0.5, 0.6) is 5.75 Å². The lowest BCUT2D eigenvalue weighted by Gasteiger charge is -2.26. The van der Waals surface area contributed by atoms with E-state index in [1.54, 1.807) is 6.07 Å². The number of nitrogens with one attached hydrogen (secondary N) is 1. The number of benzene rings is 2. The Morgan fingerprint density at radius 3 is 2.42 bits per heavy atom. The van der Waals surface area contributed by atoms with Crippen molar-refractivity contribution >= 4 is 33.2 Å². The molecule has 0 saturated heterocycles. The molecule has 0 saturated carbocycles. The fraction of sp³-hybridized carbons (Fsp3) is 0.350. The topological polar surface area (TPSA) is 75.7 Å². The molecule has 0 bridgehead atoms. The number of alkyl halides is 3. The lowest BCUT2D eigenvalue weighted by atomic mass is 10.2. The second-order valence-corrected chi connectivity index (χ2v) is 9.26. The number of hydrogen-bond acceptors (Lipinski definition) is 4. The van der Waals surface area contributed by atoms with Gasteiger partial charge in [0.2, 0.25) is 5.91 Å². The predicted octanol–water partition coefficient (Wildman–Crippen LogP) is 4.33. The van der Waals surface area contributed by atoms with E-state index in [1.807, 2.05) is 13.8 Å². The highest BCUT2D eigenvalue weighted by Crippen LogP contribution is 2.37. The number of hydrogen-bond donors (Lipinski definition) is 1. The van der Waals surface area contributed by atoms with E-state index in [4.69, 9.17) is 16.3 Å². The van der Waals surface area contributed by atoms with Crippen molar-refractivity contribution in [2.75, 3.05) is 24.5 Å². The number of amides is 1. The van der Waals surface area contributed by atoms with Gasteiger partial charge in [0.05, 0.1) is 23.4 Å². The van der Waals surface area contributed by atoms with Gasteiger partial charge in [-0.3, -0.25) is 9.10 Å². The summed E-state index contributed by atoms with van der Waals surface area (Å²) in [6, 6.07) is 7.95. The zero-order valence-corrected chi connectivity index (χ0v) is 18.6. The molecule has 11 heteroatoms. The summed E-state index contributed by atoms with van der Waals surface area (Å²) in [5.74, 6) is -0.407. The van der Waals surface area contributed by atoms with E-state index in [9.17, 15) is 26.4 Å². The Morgan fingerprint density at radius 1 is 1.19 bits per heavy atom. The van der Waals surface area contributed by atoms with E-state index in [2.05, 4.69) is 5.32 Å². The van der Waals surface area contributed by atoms with E-state index in [1.165, 1.54) is 25.3 Å². The average molecular weight is 479 g/mol. The number of anilines is 1. The van der Waals surface area contributed by atoms with Crippen LogP contribution < -0.4 is 14.4 Å². The van der Waals surface area contributed by atoms with Crippen LogP contribution in [0.2, 0.25) is 5.02 Å². The molecule has 1 N–H and O–H groups in total. The van der Waals surface area contributed by atoms with Gasteiger partial charge in [-0.05, 0) is 36.2 Å². The van der Waals surface area contributed by atoms with Crippen molar-refractivity contribution in [3.63, 3.8) is 0 Å². The maximum Gasteiger partial charge on any atom is 0.416 e. The van der Waals surface area contributed by atoms with Crippen molar-refractivity contribution in [2.24, 2.45) is 5.92 Å². The molecule has 31 heavy (non-hydrogen) atoms. The second kappa shape index (κ2) is 9.78. The Balaban J connectivity index is 2.61. The van der Waals surface area contributed by atoms with E-state index < -0.39 is 44.1 Å².